The van der Waals surface area contributed by atoms with Crippen molar-refractivity contribution in [2.24, 2.45) is 0 Å². The smallest absolute Gasteiger partial charge is 0.387 e. The number of carbonyl (C=O) groups is 1. The second-order valence-electron chi connectivity index (χ2n) is 6.51. The molecule has 0 saturated heterocycles. The third kappa shape index (κ3) is 5.70. The van der Waals surface area contributed by atoms with Crippen LogP contribution in [0.2, 0.25) is 0 Å². The Morgan fingerprint density at radius 3 is 2.83 bits per heavy atom. The normalized spacial score (nSPS) is 12.8. The maximum atomic E-state index is 12.6. The molecule has 5 nitrogen and oxygen atoms in total. The number of fused-ring (bicyclic) bond motifs is 1. The molecule has 0 heterocycles. The zero-order chi connectivity index (χ0) is 20.6. The molecule has 2 aromatic carbocycles. The van der Waals surface area contributed by atoms with E-state index in [4.69, 9.17) is 9.47 Å². The van der Waals surface area contributed by atoms with Crippen LogP contribution in [0.1, 0.15) is 23.1 Å². The second-order valence-corrected chi connectivity index (χ2v) is 6.51. The molecular weight excluding hydrogens is 380 g/mol. The SMILES string of the molecule is COc1cccc(C=CC(=O)NCCOc2ccc3c(c2)CCC3)c1OC(F)F. The van der Waals surface area contributed by atoms with Crippen molar-refractivity contribution in [1.29, 1.82) is 0 Å². The molecule has 1 aliphatic rings. The number of carbonyl (C=O) groups excluding carboxylic acids is 1. The Kier molecular flexibility index (Phi) is 7.05. The van der Waals surface area contributed by atoms with E-state index in [1.54, 1.807) is 12.1 Å². The number of halogens is 2. The van der Waals surface area contributed by atoms with Crippen LogP contribution >= 0.6 is 0 Å². The van der Waals surface area contributed by atoms with E-state index in [1.165, 1.54) is 42.9 Å². The molecule has 154 valence electrons. The lowest BCUT2D eigenvalue weighted by Gasteiger charge is -2.12. The van der Waals surface area contributed by atoms with Crippen molar-refractivity contribution in [2.75, 3.05) is 20.3 Å². The molecule has 1 aliphatic carbocycles. The minimum atomic E-state index is -3.00. The van der Waals surface area contributed by atoms with Crippen molar-refractivity contribution in [2.45, 2.75) is 25.9 Å². The Balaban J connectivity index is 1.50. The van der Waals surface area contributed by atoms with Gasteiger partial charge in [-0.15, -0.1) is 0 Å². The van der Waals surface area contributed by atoms with Crippen molar-refractivity contribution in [1.82, 2.24) is 5.32 Å². The average Bonchev–Trinajstić information content (AvgIpc) is 3.18. The summed E-state index contributed by atoms with van der Waals surface area (Å²) in [6.45, 7) is -2.35. The first kappa shape index (κ1) is 20.6. The molecule has 3 rings (SSSR count). The standard InChI is InChI=1S/C22H23F2NO4/c1-27-19-7-3-5-16(21(19)29-22(23)24)9-11-20(26)25-12-13-28-18-10-8-15-4-2-6-17(15)14-18/h3,5,7-11,14,22H,2,4,6,12-13H2,1H3,(H,25,26). The van der Waals surface area contributed by atoms with Crippen molar-refractivity contribution >= 4 is 12.0 Å². The zero-order valence-corrected chi connectivity index (χ0v) is 16.1. The number of nitrogens with one attached hydrogen (secondary N) is 1. The van der Waals surface area contributed by atoms with E-state index in [2.05, 4.69) is 22.2 Å². The average molecular weight is 403 g/mol. The minimum absolute atomic E-state index is 0.117. The van der Waals surface area contributed by atoms with E-state index < -0.39 is 6.61 Å². The lowest BCUT2D eigenvalue weighted by molar-refractivity contribution is -0.116. The molecule has 0 fully saturated rings. The van der Waals surface area contributed by atoms with E-state index in [9.17, 15) is 13.6 Å². The molecule has 29 heavy (non-hydrogen) atoms. The van der Waals surface area contributed by atoms with E-state index in [0.29, 0.717) is 18.7 Å². The molecule has 0 bridgehead atoms. The molecule has 0 atom stereocenters. The van der Waals surface area contributed by atoms with E-state index in [1.807, 2.05) is 6.07 Å². The van der Waals surface area contributed by atoms with Crippen LogP contribution in [-0.2, 0) is 17.6 Å². The fourth-order valence-corrected chi connectivity index (χ4v) is 3.25. The second kappa shape index (κ2) is 9.91. The van der Waals surface area contributed by atoms with Gasteiger partial charge >= 0.3 is 6.61 Å². The van der Waals surface area contributed by atoms with Crippen molar-refractivity contribution in [3.63, 3.8) is 0 Å². The third-order valence-corrected chi connectivity index (χ3v) is 4.59. The van der Waals surface area contributed by atoms with Gasteiger partial charge in [0.25, 0.3) is 0 Å². The van der Waals surface area contributed by atoms with Gasteiger partial charge in [-0.25, -0.2) is 0 Å². The molecule has 1 N–H and O–H groups in total. The van der Waals surface area contributed by atoms with Crippen molar-refractivity contribution < 1.29 is 27.8 Å². The maximum Gasteiger partial charge on any atom is 0.387 e. The number of hydrogen-bond donors (Lipinski definition) is 1. The molecule has 0 saturated carbocycles. The highest BCUT2D eigenvalue weighted by Gasteiger charge is 2.14. The van der Waals surface area contributed by atoms with Crippen LogP contribution in [0.5, 0.6) is 17.2 Å². The number of rotatable bonds is 9. The molecule has 0 unspecified atom stereocenters. The lowest BCUT2D eigenvalue weighted by atomic mass is 10.1. The van der Waals surface area contributed by atoms with E-state index in [0.717, 1.165) is 18.6 Å². The first-order valence-electron chi connectivity index (χ1n) is 9.39. The van der Waals surface area contributed by atoms with Crippen LogP contribution in [-0.4, -0.2) is 32.8 Å². The summed E-state index contributed by atoms with van der Waals surface area (Å²) < 4.78 is 40.5. The highest BCUT2D eigenvalue weighted by Crippen LogP contribution is 2.33. The fourth-order valence-electron chi connectivity index (χ4n) is 3.25. The van der Waals surface area contributed by atoms with Crippen LogP contribution in [0.3, 0.4) is 0 Å². The number of methoxy groups -OCH3 is 1. The Hall–Kier alpha value is -3.09. The van der Waals surface area contributed by atoms with Crippen LogP contribution in [0.4, 0.5) is 8.78 Å². The van der Waals surface area contributed by atoms with Crippen LogP contribution in [0, 0.1) is 0 Å². The molecule has 0 spiro atoms. The highest BCUT2D eigenvalue weighted by molar-refractivity contribution is 5.92. The van der Waals surface area contributed by atoms with Gasteiger partial charge in [-0.3, -0.25) is 4.79 Å². The van der Waals surface area contributed by atoms with Gasteiger partial charge in [0.05, 0.1) is 13.7 Å². The molecule has 0 aromatic heterocycles. The summed E-state index contributed by atoms with van der Waals surface area (Å²) in [4.78, 5) is 12.0. The molecule has 0 radical (unpaired) electrons. The summed E-state index contributed by atoms with van der Waals surface area (Å²) >= 11 is 0. The van der Waals surface area contributed by atoms with Gasteiger partial charge < -0.3 is 19.5 Å². The van der Waals surface area contributed by atoms with Gasteiger partial charge in [-0.2, -0.15) is 8.78 Å². The Bertz CT molecular complexity index is 883. The minimum Gasteiger partial charge on any atom is -0.493 e. The van der Waals surface area contributed by atoms with Crippen LogP contribution in [0.15, 0.2) is 42.5 Å². The number of aryl methyl sites for hydroxylation is 2. The maximum absolute atomic E-state index is 12.6. The zero-order valence-electron chi connectivity index (χ0n) is 16.1. The number of alkyl halides is 2. The summed E-state index contributed by atoms with van der Waals surface area (Å²) in [5.74, 6) is 0.471. The number of amides is 1. The number of ether oxygens (including phenoxy) is 3. The van der Waals surface area contributed by atoms with Gasteiger partial charge in [-0.05, 0) is 54.7 Å². The first-order valence-corrected chi connectivity index (χ1v) is 9.39. The van der Waals surface area contributed by atoms with Crippen LogP contribution in [0.25, 0.3) is 6.08 Å². The Labute approximate surface area is 168 Å². The van der Waals surface area contributed by atoms with Gasteiger partial charge in [0.2, 0.25) is 5.91 Å². The number of para-hydroxylation sites is 1. The predicted octanol–water partition coefficient (Wildman–Crippen LogP) is 3.99. The monoisotopic (exact) mass is 403 g/mol. The van der Waals surface area contributed by atoms with Gasteiger partial charge in [-0.1, -0.05) is 18.2 Å². The lowest BCUT2D eigenvalue weighted by Crippen LogP contribution is -2.26. The molecule has 0 aliphatic heterocycles. The van der Waals surface area contributed by atoms with Crippen LogP contribution < -0.4 is 19.5 Å². The fraction of sp³-hybridized carbons (Fsp3) is 0.318. The van der Waals surface area contributed by atoms with E-state index in [-0.39, 0.29) is 17.4 Å². The largest absolute Gasteiger partial charge is 0.493 e. The quantitative estimate of drug-likeness (QED) is 0.508. The van der Waals surface area contributed by atoms with Gasteiger partial charge in [0, 0.05) is 11.6 Å². The Morgan fingerprint density at radius 1 is 1.21 bits per heavy atom. The summed E-state index contributed by atoms with van der Waals surface area (Å²) in [6.07, 6.45) is 6.03. The first-order chi connectivity index (χ1) is 14.1. The molecule has 1 amide bonds. The number of hydrogen-bond acceptors (Lipinski definition) is 4. The van der Waals surface area contributed by atoms with Gasteiger partial charge in [0.15, 0.2) is 11.5 Å². The topological polar surface area (TPSA) is 56.8 Å². The molecule has 7 heteroatoms. The third-order valence-electron chi connectivity index (χ3n) is 4.59. The van der Waals surface area contributed by atoms with Crippen molar-refractivity contribution in [3.8, 4) is 17.2 Å². The number of benzene rings is 2. The summed E-state index contributed by atoms with van der Waals surface area (Å²) in [5.41, 5.74) is 3.02. The van der Waals surface area contributed by atoms with Gasteiger partial charge in [0.1, 0.15) is 12.4 Å². The molecule has 2 aromatic rings. The summed E-state index contributed by atoms with van der Waals surface area (Å²) in [7, 11) is 1.36. The summed E-state index contributed by atoms with van der Waals surface area (Å²) in [6, 6.07) is 10.8. The highest BCUT2D eigenvalue weighted by atomic mass is 19.3. The Morgan fingerprint density at radius 2 is 2.03 bits per heavy atom. The predicted molar refractivity (Wildman–Crippen MR) is 106 cm³/mol. The molecular formula is C22H23F2NO4. The van der Waals surface area contributed by atoms with E-state index >= 15 is 0 Å². The van der Waals surface area contributed by atoms with Crippen molar-refractivity contribution in [3.05, 3.63) is 59.2 Å². The summed E-state index contributed by atoms with van der Waals surface area (Å²) in [5, 5.41) is 2.69.